The van der Waals surface area contributed by atoms with E-state index in [1.807, 2.05) is 6.07 Å². The Morgan fingerprint density at radius 3 is 2.78 bits per heavy atom. The second-order valence-corrected chi connectivity index (χ2v) is 1.98. The monoisotopic (exact) mass is 124 g/mol. The molecule has 0 amide bonds. The van der Waals surface area contributed by atoms with Gasteiger partial charge in [-0.2, -0.15) is 10.4 Å². The Bertz CT molecular complexity index is 168. The third-order valence-electron chi connectivity index (χ3n) is 1.36. The molecule has 0 aromatic heterocycles. The molecule has 9 heavy (non-hydrogen) atoms. The molecule has 0 saturated heterocycles. The molecular weight excluding hydrogens is 116 g/mol. The van der Waals surface area contributed by atoms with Crippen molar-refractivity contribution in [3.63, 3.8) is 0 Å². The number of nitriles is 1. The normalized spacial score (nSPS) is 32.8. The van der Waals surface area contributed by atoms with Crippen LogP contribution in [-0.2, 0) is 0 Å². The first kappa shape index (κ1) is 6.05. The molecule has 0 aliphatic carbocycles. The molecule has 1 aliphatic heterocycles. The molecule has 0 radical (unpaired) electrons. The van der Waals surface area contributed by atoms with Crippen LogP contribution in [0, 0.1) is 17.2 Å². The van der Waals surface area contributed by atoms with E-state index < -0.39 is 0 Å². The Morgan fingerprint density at radius 2 is 2.56 bits per heavy atom. The molecule has 1 aliphatic rings. The van der Waals surface area contributed by atoms with Gasteiger partial charge in [0.15, 0.2) is 0 Å². The van der Waals surface area contributed by atoms with Gasteiger partial charge in [0, 0.05) is 13.3 Å². The largest absolute Gasteiger partial charge is 0.309 e. The maximum atomic E-state index is 8.41. The van der Waals surface area contributed by atoms with Crippen LogP contribution in [0.1, 0.15) is 0 Å². The highest BCUT2D eigenvalue weighted by atomic mass is 15.5. The number of hydrogen-bond donors (Lipinski definition) is 1. The van der Waals surface area contributed by atoms with Gasteiger partial charge in [0.2, 0.25) is 0 Å². The van der Waals surface area contributed by atoms with Crippen LogP contribution in [0.5, 0.6) is 0 Å². The molecule has 1 rings (SSSR count). The van der Waals surface area contributed by atoms with Crippen LogP contribution in [-0.4, -0.2) is 24.4 Å². The quantitative estimate of drug-likeness (QED) is 0.466. The zero-order valence-corrected chi connectivity index (χ0v) is 5.15. The van der Waals surface area contributed by atoms with Crippen LogP contribution < -0.4 is 5.73 Å². The standard InChI is InChI=1S/C5H8N4/c1-9-5(7)4(2-6)3-8-9/h3-5H,7H2,1H3/t4-,5-/m1/s1. The Kier molecular flexibility index (Phi) is 1.37. The van der Waals surface area contributed by atoms with E-state index in [9.17, 15) is 0 Å². The number of hydrazone groups is 1. The number of nitrogens with two attached hydrogens (primary N) is 1. The minimum absolute atomic E-state index is 0.241. The van der Waals surface area contributed by atoms with Crippen molar-refractivity contribution in [3.8, 4) is 6.07 Å². The molecule has 0 saturated carbocycles. The van der Waals surface area contributed by atoms with E-state index >= 15 is 0 Å². The smallest absolute Gasteiger partial charge is 0.118 e. The van der Waals surface area contributed by atoms with Gasteiger partial charge in [-0.05, 0) is 0 Å². The molecule has 2 atom stereocenters. The highest BCUT2D eigenvalue weighted by Crippen LogP contribution is 2.08. The Balaban J connectivity index is 2.65. The number of nitrogens with zero attached hydrogens (tertiary/aromatic N) is 3. The molecule has 0 spiro atoms. The molecule has 0 aromatic carbocycles. The molecule has 4 heteroatoms. The molecule has 0 bridgehead atoms. The Labute approximate surface area is 53.6 Å². The van der Waals surface area contributed by atoms with Crippen LogP contribution in [0.25, 0.3) is 0 Å². The van der Waals surface area contributed by atoms with E-state index in [2.05, 4.69) is 5.10 Å². The predicted molar refractivity (Wildman–Crippen MR) is 33.3 cm³/mol. The van der Waals surface area contributed by atoms with E-state index in [0.717, 1.165) is 0 Å². The lowest BCUT2D eigenvalue weighted by Gasteiger charge is -2.14. The van der Waals surface area contributed by atoms with Gasteiger partial charge in [-0.1, -0.05) is 0 Å². The van der Waals surface area contributed by atoms with Gasteiger partial charge in [0.25, 0.3) is 0 Å². The summed E-state index contributed by atoms with van der Waals surface area (Å²) in [4.78, 5) is 0. The van der Waals surface area contributed by atoms with Crippen molar-refractivity contribution in [2.24, 2.45) is 16.8 Å². The van der Waals surface area contributed by atoms with Crippen LogP contribution in [0.4, 0.5) is 0 Å². The minimum Gasteiger partial charge on any atom is -0.309 e. The lowest BCUT2D eigenvalue weighted by atomic mass is 10.1. The highest BCUT2D eigenvalue weighted by molar-refractivity contribution is 5.66. The second-order valence-electron chi connectivity index (χ2n) is 1.98. The summed E-state index contributed by atoms with van der Waals surface area (Å²) in [6, 6.07) is 2.03. The van der Waals surface area contributed by atoms with Crippen molar-refractivity contribution in [2.45, 2.75) is 6.17 Å². The topological polar surface area (TPSA) is 65.4 Å². The molecule has 1 heterocycles. The first-order valence-electron chi connectivity index (χ1n) is 2.68. The van der Waals surface area contributed by atoms with Crippen molar-refractivity contribution < 1.29 is 0 Å². The maximum Gasteiger partial charge on any atom is 0.118 e. The van der Waals surface area contributed by atoms with E-state index in [1.165, 1.54) is 0 Å². The summed E-state index contributed by atoms with van der Waals surface area (Å²) in [5.74, 6) is -0.241. The zero-order valence-electron chi connectivity index (χ0n) is 5.15. The van der Waals surface area contributed by atoms with Crippen molar-refractivity contribution in [1.82, 2.24) is 5.01 Å². The molecule has 0 fully saturated rings. The average Bonchev–Trinajstić information content (AvgIpc) is 2.15. The third-order valence-corrected chi connectivity index (χ3v) is 1.36. The molecule has 48 valence electrons. The van der Waals surface area contributed by atoms with Crippen molar-refractivity contribution >= 4 is 6.21 Å². The summed E-state index contributed by atoms with van der Waals surface area (Å²) in [5, 5.41) is 13.8. The summed E-state index contributed by atoms with van der Waals surface area (Å²) in [6.07, 6.45) is 1.31. The fraction of sp³-hybridized carbons (Fsp3) is 0.600. The van der Waals surface area contributed by atoms with E-state index in [4.69, 9.17) is 11.0 Å². The molecule has 0 aromatic rings. The van der Waals surface area contributed by atoms with E-state index in [1.54, 1.807) is 18.3 Å². The first-order valence-corrected chi connectivity index (χ1v) is 2.68. The van der Waals surface area contributed by atoms with Crippen molar-refractivity contribution in [2.75, 3.05) is 7.05 Å². The molecule has 0 unspecified atom stereocenters. The summed E-state index contributed by atoms with van der Waals surface area (Å²) in [7, 11) is 1.75. The summed E-state index contributed by atoms with van der Waals surface area (Å²) >= 11 is 0. The second kappa shape index (κ2) is 2.03. The molecular formula is C5H8N4. The minimum atomic E-state index is -0.255. The molecule has 4 nitrogen and oxygen atoms in total. The number of rotatable bonds is 0. The summed E-state index contributed by atoms with van der Waals surface area (Å²) in [6.45, 7) is 0. The summed E-state index contributed by atoms with van der Waals surface area (Å²) < 4.78 is 0. The summed E-state index contributed by atoms with van der Waals surface area (Å²) in [5.41, 5.74) is 5.51. The zero-order chi connectivity index (χ0) is 6.85. The predicted octanol–water partition coefficient (Wildman–Crippen LogP) is -0.658. The van der Waals surface area contributed by atoms with E-state index in [-0.39, 0.29) is 12.1 Å². The Morgan fingerprint density at radius 1 is 1.89 bits per heavy atom. The van der Waals surface area contributed by atoms with Crippen LogP contribution in [0.15, 0.2) is 5.10 Å². The molecule has 2 N–H and O–H groups in total. The van der Waals surface area contributed by atoms with E-state index in [0.29, 0.717) is 0 Å². The van der Waals surface area contributed by atoms with Crippen molar-refractivity contribution in [1.29, 1.82) is 5.26 Å². The SMILES string of the molecule is CN1N=C[C@@H](C#N)[C@@H]1N. The van der Waals surface area contributed by atoms with Gasteiger partial charge < -0.3 is 5.73 Å². The van der Waals surface area contributed by atoms with Crippen molar-refractivity contribution in [3.05, 3.63) is 0 Å². The van der Waals surface area contributed by atoms with Crippen LogP contribution >= 0.6 is 0 Å². The van der Waals surface area contributed by atoms with Gasteiger partial charge in [-0.3, -0.25) is 5.01 Å². The number of hydrogen-bond acceptors (Lipinski definition) is 4. The van der Waals surface area contributed by atoms with Gasteiger partial charge in [0.1, 0.15) is 12.1 Å². The average molecular weight is 124 g/mol. The first-order chi connectivity index (χ1) is 4.25. The fourth-order valence-corrected chi connectivity index (χ4v) is 0.684. The lowest BCUT2D eigenvalue weighted by molar-refractivity contribution is 0.271. The third kappa shape index (κ3) is 0.864. The highest BCUT2D eigenvalue weighted by Gasteiger charge is 2.23. The lowest BCUT2D eigenvalue weighted by Crippen LogP contribution is -2.37. The van der Waals surface area contributed by atoms with Crippen LogP contribution in [0.3, 0.4) is 0 Å². The van der Waals surface area contributed by atoms with Gasteiger partial charge >= 0.3 is 0 Å². The van der Waals surface area contributed by atoms with Gasteiger partial charge in [-0.25, -0.2) is 0 Å². The van der Waals surface area contributed by atoms with Crippen LogP contribution in [0.2, 0.25) is 0 Å². The van der Waals surface area contributed by atoms with Gasteiger partial charge in [-0.15, -0.1) is 0 Å². The Hall–Kier alpha value is -1.08. The maximum absolute atomic E-state index is 8.41. The van der Waals surface area contributed by atoms with Gasteiger partial charge in [0.05, 0.1) is 6.07 Å². The fourth-order valence-electron chi connectivity index (χ4n) is 0.684.